The molecule has 27 heavy (non-hydrogen) atoms. The van der Waals surface area contributed by atoms with E-state index in [1.165, 1.54) is 0 Å². The van der Waals surface area contributed by atoms with Crippen molar-refractivity contribution in [2.45, 2.75) is 83.3 Å². The van der Waals surface area contributed by atoms with Crippen molar-refractivity contribution in [2.75, 3.05) is 0 Å². The molecule has 0 radical (unpaired) electrons. The van der Waals surface area contributed by atoms with E-state index in [4.69, 9.17) is 5.73 Å². The van der Waals surface area contributed by atoms with Gasteiger partial charge < -0.3 is 15.9 Å². The second kappa shape index (κ2) is 6.45. The van der Waals surface area contributed by atoms with E-state index in [1.807, 2.05) is 0 Å². The molecule has 0 aromatic carbocycles. The first-order chi connectivity index (χ1) is 12.7. The second-order valence-electron chi connectivity index (χ2n) is 10.2. The Hall–Kier alpha value is -1.14. The molecule has 4 aliphatic carbocycles. The third kappa shape index (κ3) is 2.74. The van der Waals surface area contributed by atoms with Crippen molar-refractivity contribution in [3.8, 4) is 0 Å². The van der Waals surface area contributed by atoms with Gasteiger partial charge in [0.25, 0.3) is 0 Å². The third-order valence-corrected chi connectivity index (χ3v) is 9.33. The summed E-state index contributed by atoms with van der Waals surface area (Å²) >= 11 is 0. The number of amides is 2. The van der Waals surface area contributed by atoms with Crippen LogP contribution in [-0.4, -0.2) is 34.2 Å². The molecule has 0 aliphatic heterocycles. The Morgan fingerprint density at radius 1 is 1.11 bits per heavy atom. The van der Waals surface area contributed by atoms with E-state index in [2.05, 4.69) is 24.4 Å². The first-order valence-corrected chi connectivity index (χ1v) is 10.7. The minimum atomic E-state index is -0.663. The summed E-state index contributed by atoms with van der Waals surface area (Å²) in [4.78, 5) is 10.9. The van der Waals surface area contributed by atoms with Gasteiger partial charge in [-0.05, 0) is 81.0 Å². The van der Waals surface area contributed by atoms with E-state index < -0.39 is 11.6 Å². The normalized spacial score (nSPS) is 52.1. The smallest absolute Gasteiger partial charge is 0.332 e. The lowest BCUT2D eigenvalue weighted by molar-refractivity contribution is -0.206. The number of carbonyl (C=O) groups is 1. The van der Waals surface area contributed by atoms with Crippen LogP contribution in [0.1, 0.15) is 71.6 Å². The number of primary amides is 1. The zero-order valence-electron chi connectivity index (χ0n) is 16.7. The highest BCUT2D eigenvalue weighted by Gasteiger charge is 2.66. The fourth-order valence-corrected chi connectivity index (χ4v) is 7.67. The number of hydrogen-bond donors (Lipinski definition) is 4. The quantitative estimate of drug-likeness (QED) is 0.439. The van der Waals surface area contributed by atoms with Crippen molar-refractivity contribution < 1.29 is 15.0 Å². The van der Waals surface area contributed by atoms with Gasteiger partial charge in [0.05, 0.1) is 11.7 Å². The van der Waals surface area contributed by atoms with E-state index in [9.17, 15) is 15.0 Å². The minimum Gasteiger partial charge on any atom is -0.393 e. The molecule has 4 fully saturated rings. The van der Waals surface area contributed by atoms with Gasteiger partial charge in [0.2, 0.25) is 0 Å². The van der Waals surface area contributed by atoms with Crippen molar-refractivity contribution in [3.63, 3.8) is 0 Å². The van der Waals surface area contributed by atoms with Crippen molar-refractivity contribution in [3.05, 3.63) is 0 Å². The molecule has 0 aromatic rings. The highest BCUT2D eigenvalue weighted by Crippen LogP contribution is 2.68. The van der Waals surface area contributed by atoms with Crippen molar-refractivity contribution in [1.82, 2.24) is 5.43 Å². The number of aliphatic hydroxyl groups excluding tert-OH is 1. The largest absolute Gasteiger partial charge is 0.393 e. The van der Waals surface area contributed by atoms with Gasteiger partial charge >= 0.3 is 6.03 Å². The number of nitrogens with zero attached hydrogens (tertiary/aromatic N) is 1. The van der Waals surface area contributed by atoms with Crippen LogP contribution in [0.5, 0.6) is 0 Å². The molecule has 3 unspecified atom stereocenters. The summed E-state index contributed by atoms with van der Waals surface area (Å²) in [7, 11) is 0. The lowest BCUT2D eigenvalue weighted by Gasteiger charge is -2.63. The Morgan fingerprint density at radius 2 is 1.89 bits per heavy atom. The number of rotatable bonds is 2. The Bertz CT molecular complexity index is 640. The number of aliphatic hydroxyl groups is 2. The van der Waals surface area contributed by atoms with E-state index in [0.717, 1.165) is 57.8 Å². The van der Waals surface area contributed by atoms with Gasteiger partial charge in [-0.15, -0.1) is 0 Å². The van der Waals surface area contributed by atoms with Crippen LogP contribution in [0, 0.1) is 34.5 Å². The molecule has 5 N–H and O–H groups in total. The average molecular weight is 378 g/mol. The molecule has 8 atom stereocenters. The summed E-state index contributed by atoms with van der Waals surface area (Å²) in [5.41, 5.74) is 6.80. The predicted octanol–water partition coefficient (Wildman–Crippen LogP) is 2.78. The molecule has 0 bridgehead atoms. The molecule has 0 heterocycles. The molecule has 4 aliphatic rings. The summed E-state index contributed by atoms with van der Waals surface area (Å²) in [6.07, 6.45) is 10.6. The molecule has 6 nitrogen and oxygen atoms in total. The van der Waals surface area contributed by atoms with Gasteiger partial charge in [-0.1, -0.05) is 13.8 Å². The van der Waals surface area contributed by atoms with Crippen LogP contribution in [0.3, 0.4) is 0 Å². The van der Waals surface area contributed by atoms with Gasteiger partial charge in [0.1, 0.15) is 0 Å². The second-order valence-corrected chi connectivity index (χ2v) is 10.2. The van der Waals surface area contributed by atoms with Gasteiger partial charge in [-0.25, -0.2) is 10.2 Å². The fraction of sp³-hybridized carbons (Fsp3) is 0.905. The number of urea groups is 1. The third-order valence-electron chi connectivity index (χ3n) is 9.33. The molecule has 6 heteroatoms. The molecular weight excluding hydrogens is 342 g/mol. The standard InChI is InChI=1S/C21H35N3O3/c1-19-8-6-15(25)11-13(19)3-4-17-16(19)7-9-20(2)14(5-10-21(17,20)27)12-23-24-18(22)26/h12-17,25,27H,3-11H2,1-2H3,(H3,22,24,26)/t13?,14?,15?,16-,17-,19+,20-,21-/m1/s1. The van der Waals surface area contributed by atoms with E-state index in [-0.39, 0.29) is 22.9 Å². The summed E-state index contributed by atoms with van der Waals surface area (Å²) < 4.78 is 0. The Labute approximate surface area is 162 Å². The lowest BCUT2D eigenvalue weighted by atomic mass is 9.43. The van der Waals surface area contributed by atoms with E-state index >= 15 is 0 Å². The van der Waals surface area contributed by atoms with E-state index in [0.29, 0.717) is 17.8 Å². The number of nitrogens with one attached hydrogen (secondary N) is 1. The highest BCUT2D eigenvalue weighted by molar-refractivity contribution is 5.73. The highest BCUT2D eigenvalue weighted by atomic mass is 16.3. The van der Waals surface area contributed by atoms with Crippen LogP contribution in [0.15, 0.2) is 5.10 Å². The molecule has 0 saturated heterocycles. The molecule has 152 valence electrons. The maximum absolute atomic E-state index is 12.0. The number of fused-ring (bicyclic) bond motifs is 5. The topological polar surface area (TPSA) is 108 Å². The number of hydrogen-bond acceptors (Lipinski definition) is 4. The molecule has 2 amide bonds. The van der Waals surface area contributed by atoms with Gasteiger partial charge in [0, 0.05) is 17.5 Å². The molecule has 0 aromatic heterocycles. The van der Waals surface area contributed by atoms with Crippen molar-refractivity contribution in [1.29, 1.82) is 0 Å². The average Bonchev–Trinajstić information content (AvgIpc) is 2.87. The Kier molecular flexibility index (Phi) is 4.58. The summed E-state index contributed by atoms with van der Waals surface area (Å²) in [6.45, 7) is 4.65. The number of carbonyl (C=O) groups excluding carboxylic acids is 1. The van der Waals surface area contributed by atoms with E-state index in [1.54, 1.807) is 6.21 Å². The maximum atomic E-state index is 12.0. The monoisotopic (exact) mass is 377 g/mol. The molecular formula is C21H35N3O3. The summed E-state index contributed by atoms with van der Waals surface area (Å²) in [5.74, 6) is 1.62. The summed E-state index contributed by atoms with van der Waals surface area (Å²) in [6, 6.07) is -0.654. The van der Waals surface area contributed by atoms with Gasteiger partial charge in [0.15, 0.2) is 0 Å². The van der Waals surface area contributed by atoms with Crippen LogP contribution in [0.25, 0.3) is 0 Å². The summed E-state index contributed by atoms with van der Waals surface area (Å²) in [5, 5.41) is 26.2. The minimum absolute atomic E-state index is 0.138. The number of hydrazone groups is 1. The van der Waals surface area contributed by atoms with Gasteiger partial charge in [-0.2, -0.15) is 5.10 Å². The predicted molar refractivity (Wildman–Crippen MR) is 104 cm³/mol. The zero-order chi connectivity index (χ0) is 19.4. The fourth-order valence-electron chi connectivity index (χ4n) is 7.67. The van der Waals surface area contributed by atoms with Crippen LogP contribution < -0.4 is 11.2 Å². The first-order valence-electron chi connectivity index (χ1n) is 10.7. The first kappa shape index (κ1) is 19.2. The SMILES string of the molecule is C[C@]12CCC(O)CC1CC[C@@H]1[C@H]2CC[C@]2(C)C(C=NNC(N)=O)CC[C@@]12O. The Morgan fingerprint density at radius 3 is 2.63 bits per heavy atom. The van der Waals surface area contributed by atoms with Crippen molar-refractivity contribution in [2.24, 2.45) is 45.3 Å². The van der Waals surface area contributed by atoms with Crippen LogP contribution >= 0.6 is 0 Å². The molecule has 4 saturated carbocycles. The maximum Gasteiger partial charge on any atom is 0.332 e. The zero-order valence-corrected chi connectivity index (χ0v) is 16.7. The molecule has 0 spiro atoms. The Balaban J connectivity index is 1.59. The van der Waals surface area contributed by atoms with Gasteiger partial charge in [-0.3, -0.25) is 0 Å². The van der Waals surface area contributed by atoms with Crippen LogP contribution in [0.2, 0.25) is 0 Å². The lowest BCUT2D eigenvalue weighted by Crippen LogP contribution is -2.62. The molecule has 4 rings (SSSR count). The van der Waals surface area contributed by atoms with Crippen LogP contribution in [0.4, 0.5) is 4.79 Å². The van der Waals surface area contributed by atoms with Crippen LogP contribution in [-0.2, 0) is 0 Å². The van der Waals surface area contributed by atoms with Crippen molar-refractivity contribution >= 4 is 12.2 Å². The number of nitrogens with two attached hydrogens (primary N) is 1.